The van der Waals surface area contributed by atoms with E-state index in [0.29, 0.717) is 4.88 Å². The highest BCUT2D eigenvalue weighted by molar-refractivity contribution is 9.10. The van der Waals surface area contributed by atoms with E-state index in [2.05, 4.69) is 26.2 Å². The van der Waals surface area contributed by atoms with Crippen molar-refractivity contribution in [1.29, 1.82) is 0 Å². The maximum atomic E-state index is 12.2. The Morgan fingerprint density at radius 3 is 2.90 bits per heavy atom. The van der Waals surface area contributed by atoms with E-state index in [1.807, 2.05) is 48.7 Å². The summed E-state index contributed by atoms with van der Waals surface area (Å²) >= 11 is 4.76. The molecule has 0 fully saturated rings. The molecular formula is C15H11BrN2OS. The number of amides is 1. The number of carbonyl (C=O) groups excluding carboxylic acids is 1. The van der Waals surface area contributed by atoms with E-state index in [1.54, 1.807) is 0 Å². The number of carbonyl (C=O) groups is 1. The van der Waals surface area contributed by atoms with Crippen LogP contribution in [0, 0.1) is 6.92 Å². The van der Waals surface area contributed by atoms with Crippen molar-refractivity contribution in [2.45, 2.75) is 6.92 Å². The minimum Gasteiger partial charge on any atom is -0.319 e. The van der Waals surface area contributed by atoms with Crippen LogP contribution in [0.2, 0.25) is 0 Å². The number of nitrogens with zero attached hydrogens (tertiary/aromatic N) is 1. The second-order valence-corrected chi connectivity index (χ2v) is 6.24. The minimum atomic E-state index is -0.114. The van der Waals surface area contributed by atoms with Crippen LogP contribution in [0.1, 0.15) is 15.4 Å². The van der Waals surface area contributed by atoms with E-state index in [4.69, 9.17) is 0 Å². The topological polar surface area (TPSA) is 42.0 Å². The summed E-state index contributed by atoms with van der Waals surface area (Å²) < 4.78 is 0.916. The second-order valence-electron chi connectivity index (χ2n) is 4.41. The number of para-hydroxylation sites is 1. The maximum absolute atomic E-state index is 12.2. The van der Waals surface area contributed by atoms with Crippen LogP contribution in [0.4, 0.5) is 5.69 Å². The van der Waals surface area contributed by atoms with Gasteiger partial charge in [0.05, 0.1) is 16.1 Å². The number of aromatic nitrogens is 1. The van der Waals surface area contributed by atoms with E-state index >= 15 is 0 Å². The minimum absolute atomic E-state index is 0.114. The largest absolute Gasteiger partial charge is 0.319 e. The van der Waals surface area contributed by atoms with Gasteiger partial charge in [0.1, 0.15) is 0 Å². The summed E-state index contributed by atoms with van der Waals surface area (Å²) in [7, 11) is 0. The fourth-order valence-electron chi connectivity index (χ4n) is 1.96. The molecule has 0 aliphatic heterocycles. The smallest absolute Gasteiger partial charge is 0.265 e. The first-order valence-corrected chi connectivity index (χ1v) is 7.72. The van der Waals surface area contributed by atoms with Crippen molar-refractivity contribution >= 4 is 49.8 Å². The van der Waals surface area contributed by atoms with Crippen molar-refractivity contribution in [2.75, 3.05) is 5.32 Å². The number of halogens is 1. The van der Waals surface area contributed by atoms with Gasteiger partial charge in [0.25, 0.3) is 5.91 Å². The Labute approximate surface area is 128 Å². The molecule has 1 N–H and O–H groups in total. The highest BCUT2D eigenvalue weighted by Gasteiger charge is 2.11. The predicted octanol–water partition coefficient (Wildman–Crippen LogP) is 4.62. The zero-order valence-electron chi connectivity index (χ0n) is 10.7. The average molecular weight is 347 g/mol. The van der Waals surface area contributed by atoms with E-state index in [9.17, 15) is 4.79 Å². The lowest BCUT2D eigenvalue weighted by atomic mass is 10.1. The lowest BCUT2D eigenvalue weighted by Crippen LogP contribution is -2.10. The van der Waals surface area contributed by atoms with Crippen LogP contribution in [-0.2, 0) is 0 Å². The summed E-state index contributed by atoms with van der Waals surface area (Å²) in [5, 5.41) is 5.83. The summed E-state index contributed by atoms with van der Waals surface area (Å²) in [5.41, 5.74) is 2.48. The number of aryl methyl sites for hydroxylation is 1. The van der Waals surface area contributed by atoms with Crippen molar-refractivity contribution in [2.24, 2.45) is 0 Å². The van der Waals surface area contributed by atoms with Gasteiger partial charge in [-0.15, -0.1) is 11.3 Å². The van der Waals surface area contributed by atoms with Crippen molar-refractivity contribution in [3.05, 3.63) is 56.8 Å². The molecule has 2 heterocycles. The Morgan fingerprint density at radius 2 is 2.15 bits per heavy atom. The van der Waals surface area contributed by atoms with Gasteiger partial charge in [0.2, 0.25) is 0 Å². The molecule has 2 aromatic heterocycles. The van der Waals surface area contributed by atoms with Crippen LogP contribution in [-0.4, -0.2) is 10.9 Å². The van der Waals surface area contributed by atoms with Crippen LogP contribution in [0.15, 0.2) is 46.3 Å². The molecule has 1 amide bonds. The van der Waals surface area contributed by atoms with Gasteiger partial charge in [0.15, 0.2) is 0 Å². The first-order chi connectivity index (χ1) is 9.63. The standard InChI is InChI=1S/C15H11BrN2OS/c1-9-5-6-10-3-2-4-12(14(10)17-9)18-15(19)13-7-11(16)8-20-13/h2-8H,1H3,(H,18,19). The van der Waals surface area contributed by atoms with Gasteiger partial charge in [0, 0.05) is 20.9 Å². The molecule has 0 unspecified atom stereocenters. The molecule has 0 radical (unpaired) electrons. The number of pyridine rings is 1. The molecule has 1 aromatic carbocycles. The van der Waals surface area contributed by atoms with Gasteiger partial charge in [-0.2, -0.15) is 0 Å². The zero-order chi connectivity index (χ0) is 14.1. The third-order valence-electron chi connectivity index (χ3n) is 2.90. The molecule has 0 saturated heterocycles. The molecule has 100 valence electrons. The number of fused-ring (bicyclic) bond motifs is 1. The van der Waals surface area contributed by atoms with Crippen molar-refractivity contribution < 1.29 is 4.79 Å². The first-order valence-electron chi connectivity index (χ1n) is 6.05. The summed E-state index contributed by atoms with van der Waals surface area (Å²) in [6.07, 6.45) is 0. The summed E-state index contributed by atoms with van der Waals surface area (Å²) in [5.74, 6) is -0.114. The van der Waals surface area contributed by atoms with Crippen molar-refractivity contribution in [3.8, 4) is 0 Å². The van der Waals surface area contributed by atoms with E-state index in [0.717, 1.165) is 26.8 Å². The first kappa shape index (κ1) is 13.3. The monoisotopic (exact) mass is 346 g/mol. The number of hydrogen-bond donors (Lipinski definition) is 1. The molecule has 3 rings (SSSR count). The molecule has 0 aliphatic rings. The van der Waals surface area contributed by atoms with Gasteiger partial charge < -0.3 is 5.32 Å². The van der Waals surface area contributed by atoms with Crippen LogP contribution in [0.3, 0.4) is 0 Å². The number of rotatable bonds is 2. The van der Waals surface area contributed by atoms with Gasteiger partial charge >= 0.3 is 0 Å². The third kappa shape index (κ3) is 2.59. The van der Waals surface area contributed by atoms with E-state index in [1.165, 1.54) is 11.3 Å². The third-order valence-corrected chi connectivity index (χ3v) is 4.59. The van der Waals surface area contributed by atoms with Crippen LogP contribution < -0.4 is 5.32 Å². The molecular weight excluding hydrogens is 336 g/mol. The molecule has 3 aromatic rings. The average Bonchev–Trinajstić information content (AvgIpc) is 2.86. The number of benzene rings is 1. The highest BCUT2D eigenvalue weighted by atomic mass is 79.9. The lowest BCUT2D eigenvalue weighted by molar-refractivity contribution is 0.103. The Bertz CT molecular complexity index is 797. The van der Waals surface area contributed by atoms with Crippen LogP contribution >= 0.6 is 27.3 Å². The van der Waals surface area contributed by atoms with E-state index < -0.39 is 0 Å². The van der Waals surface area contributed by atoms with Crippen molar-refractivity contribution in [1.82, 2.24) is 4.98 Å². The second kappa shape index (κ2) is 5.34. The van der Waals surface area contributed by atoms with Crippen molar-refractivity contribution in [3.63, 3.8) is 0 Å². The normalized spacial score (nSPS) is 10.7. The highest BCUT2D eigenvalue weighted by Crippen LogP contribution is 2.24. The quantitative estimate of drug-likeness (QED) is 0.735. The van der Waals surface area contributed by atoms with E-state index in [-0.39, 0.29) is 5.91 Å². The fraction of sp³-hybridized carbons (Fsp3) is 0.0667. The molecule has 0 bridgehead atoms. The SMILES string of the molecule is Cc1ccc2cccc(NC(=O)c3cc(Br)cs3)c2n1. The summed E-state index contributed by atoms with van der Waals surface area (Å²) in [4.78, 5) is 17.4. The van der Waals surface area contributed by atoms with Crippen LogP contribution in [0.5, 0.6) is 0 Å². The molecule has 0 saturated carbocycles. The Morgan fingerprint density at radius 1 is 1.30 bits per heavy atom. The van der Waals surface area contributed by atoms with Gasteiger partial charge in [-0.25, -0.2) is 0 Å². The number of anilines is 1. The Hall–Kier alpha value is -1.72. The van der Waals surface area contributed by atoms with Gasteiger partial charge in [-0.3, -0.25) is 9.78 Å². The Kier molecular flexibility index (Phi) is 3.54. The maximum Gasteiger partial charge on any atom is 0.265 e. The molecule has 5 heteroatoms. The van der Waals surface area contributed by atoms with Gasteiger partial charge in [-0.1, -0.05) is 18.2 Å². The lowest BCUT2D eigenvalue weighted by Gasteiger charge is -2.07. The van der Waals surface area contributed by atoms with Gasteiger partial charge in [-0.05, 0) is 41.1 Å². The number of thiophene rings is 1. The molecule has 20 heavy (non-hydrogen) atoms. The number of hydrogen-bond acceptors (Lipinski definition) is 3. The fourth-order valence-corrected chi connectivity index (χ4v) is 3.28. The molecule has 3 nitrogen and oxygen atoms in total. The summed E-state index contributed by atoms with van der Waals surface area (Å²) in [6, 6.07) is 11.6. The Balaban J connectivity index is 1.98. The zero-order valence-corrected chi connectivity index (χ0v) is 13.1. The molecule has 0 aliphatic carbocycles. The molecule has 0 spiro atoms. The number of nitrogens with one attached hydrogen (secondary N) is 1. The summed E-state index contributed by atoms with van der Waals surface area (Å²) in [6.45, 7) is 1.94. The predicted molar refractivity (Wildman–Crippen MR) is 86.5 cm³/mol. The molecule has 0 atom stereocenters. The van der Waals surface area contributed by atoms with Crippen LogP contribution in [0.25, 0.3) is 10.9 Å².